The molecule has 1 amide bonds. The molecular weight excluding hydrogens is 352 g/mol. The van der Waals surface area contributed by atoms with Gasteiger partial charge in [-0.25, -0.2) is 0 Å². The third kappa shape index (κ3) is 3.01. The molecule has 1 saturated heterocycles. The number of rotatable bonds is 4. The maximum Gasteiger partial charge on any atom is 0.276 e. The number of aryl methyl sites for hydroxylation is 1. The number of benzene rings is 1. The van der Waals surface area contributed by atoms with Gasteiger partial charge in [-0.3, -0.25) is 9.48 Å². The zero-order valence-corrected chi connectivity index (χ0v) is 15.2. The molecule has 3 aromatic rings. The monoisotopic (exact) mass is 370 g/mol. The summed E-state index contributed by atoms with van der Waals surface area (Å²) < 4.78 is 7.33. The molecule has 1 aromatic carbocycles. The van der Waals surface area contributed by atoms with Gasteiger partial charge in [0.1, 0.15) is 0 Å². The Hall–Kier alpha value is -2.60. The Kier molecular flexibility index (Phi) is 4.51. The summed E-state index contributed by atoms with van der Waals surface area (Å²) in [5, 5.41) is 8.98. The number of hydrogen-bond acceptors (Lipinski definition) is 4. The fraction of sp³-hybridized carbons (Fsp3) is 0.316. The average molecular weight is 371 g/mol. The number of hydrogen-bond donors (Lipinski definition) is 0. The van der Waals surface area contributed by atoms with Crippen LogP contribution in [0.15, 0.2) is 47.1 Å². The molecule has 0 unspecified atom stereocenters. The minimum absolute atomic E-state index is 0.0284. The van der Waals surface area contributed by atoms with E-state index >= 15 is 0 Å². The van der Waals surface area contributed by atoms with Crippen LogP contribution in [0.1, 0.15) is 42.0 Å². The molecule has 0 radical (unpaired) electrons. The van der Waals surface area contributed by atoms with E-state index < -0.39 is 0 Å². The molecule has 3 heterocycles. The van der Waals surface area contributed by atoms with E-state index in [-0.39, 0.29) is 11.9 Å². The van der Waals surface area contributed by atoms with Crippen LogP contribution in [-0.2, 0) is 6.54 Å². The lowest BCUT2D eigenvalue weighted by Crippen LogP contribution is -2.32. The van der Waals surface area contributed by atoms with Crippen LogP contribution in [0.3, 0.4) is 0 Å². The molecule has 1 aliphatic rings. The first-order valence-electron chi connectivity index (χ1n) is 8.72. The SMILES string of the molecule is CCn1nccc1[C@H]1CCCN1C(=O)c1cc(-c2ccc(Cl)cc2)on1. The van der Waals surface area contributed by atoms with Gasteiger partial charge >= 0.3 is 0 Å². The predicted octanol–water partition coefficient (Wildman–Crippen LogP) is 4.19. The standard InChI is InChI=1S/C19H19ClN4O2/c1-2-24-17(9-10-21-24)16-4-3-11-23(16)19(25)15-12-18(26-22-15)13-5-7-14(20)8-6-13/h5-10,12,16H,2-4,11H2,1H3/t16-/m1/s1. The quantitative estimate of drug-likeness (QED) is 0.690. The van der Waals surface area contributed by atoms with Crippen LogP contribution >= 0.6 is 11.6 Å². The molecule has 134 valence electrons. The smallest absolute Gasteiger partial charge is 0.276 e. The maximum atomic E-state index is 13.0. The van der Waals surface area contributed by atoms with Gasteiger partial charge in [0.15, 0.2) is 11.5 Å². The first-order valence-corrected chi connectivity index (χ1v) is 9.10. The number of aromatic nitrogens is 3. The number of likely N-dealkylation sites (tertiary alicyclic amines) is 1. The van der Waals surface area contributed by atoms with Crippen molar-refractivity contribution in [1.82, 2.24) is 19.8 Å². The van der Waals surface area contributed by atoms with Crippen LogP contribution in [-0.4, -0.2) is 32.3 Å². The lowest BCUT2D eigenvalue weighted by atomic mass is 10.1. The van der Waals surface area contributed by atoms with Crippen LogP contribution in [0.2, 0.25) is 5.02 Å². The second-order valence-electron chi connectivity index (χ2n) is 6.31. The van der Waals surface area contributed by atoms with E-state index in [0.717, 1.165) is 30.6 Å². The minimum Gasteiger partial charge on any atom is -0.355 e. The molecule has 0 N–H and O–H groups in total. The van der Waals surface area contributed by atoms with Crippen LogP contribution in [0.4, 0.5) is 0 Å². The van der Waals surface area contributed by atoms with Crippen molar-refractivity contribution in [2.75, 3.05) is 6.54 Å². The zero-order valence-electron chi connectivity index (χ0n) is 14.4. The number of amides is 1. The summed E-state index contributed by atoms with van der Waals surface area (Å²) in [6, 6.07) is 11.0. The van der Waals surface area contributed by atoms with E-state index in [0.29, 0.717) is 23.0 Å². The summed E-state index contributed by atoms with van der Waals surface area (Å²) in [6.07, 6.45) is 3.68. The van der Waals surface area contributed by atoms with Gasteiger partial charge in [0.25, 0.3) is 5.91 Å². The number of halogens is 1. The van der Waals surface area contributed by atoms with E-state index in [1.807, 2.05) is 34.7 Å². The van der Waals surface area contributed by atoms with Crippen LogP contribution in [0.5, 0.6) is 0 Å². The summed E-state index contributed by atoms with van der Waals surface area (Å²) in [4.78, 5) is 14.9. The molecular formula is C19H19ClN4O2. The summed E-state index contributed by atoms with van der Waals surface area (Å²) in [6.45, 7) is 3.54. The van der Waals surface area contributed by atoms with Crippen molar-refractivity contribution in [3.63, 3.8) is 0 Å². The van der Waals surface area contributed by atoms with E-state index in [4.69, 9.17) is 16.1 Å². The number of carbonyl (C=O) groups is 1. The molecule has 1 fully saturated rings. The van der Waals surface area contributed by atoms with Gasteiger partial charge in [0, 0.05) is 35.9 Å². The number of carbonyl (C=O) groups excluding carboxylic acids is 1. The summed E-state index contributed by atoms with van der Waals surface area (Å²) in [5.74, 6) is 0.444. The Morgan fingerprint density at radius 1 is 1.31 bits per heavy atom. The van der Waals surface area contributed by atoms with Crippen molar-refractivity contribution in [3.05, 3.63) is 59.0 Å². The van der Waals surface area contributed by atoms with Gasteiger partial charge in [-0.2, -0.15) is 5.10 Å². The molecule has 0 aliphatic carbocycles. The summed E-state index contributed by atoms with van der Waals surface area (Å²) >= 11 is 5.92. The highest BCUT2D eigenvalue weighted by Crippen LogP contribution is 2.33. The average Bonchev–Trinajstić information content (AvgIpc) is 3.40. The molecule has 4 rings (SSSR count). The third-order valence-electron chi connectivity index (χ3n) is 4.76. The first kappa shape index (κ1) is 16.8. The topological polar surface area (TPSA) is 64.2 Å². The fourth-order valence-electron chi connectivity index (χ4n) is 3.48. The van der Waals surface area contributed by atoms with Crippen molar-refractivity contribution in [1.29, 1.82) is 0 Å². The molecule has 1 atom stereocenters. The molecule has 1 aliphatic heterocycles. The predicted molar refractivity (Wildman–Crippen MR) is 97.9 cm³/mol. The van der Waals surface area contributed by atoms with Crippen LogP contribution in [0, 0.1) is 0 Å². The Labute approximate surface area is 156 Å². The highest BCUT2D eigenvalue weighted by atomic mass is 35.5. The van der Waals surface area contributed by atoms with Gasteiger partial charge in [0.05, 0.1) is 11.7 Å². The van der Waals surface area contributed by atoms with E-state index in [9.17, 15) is 4.79 Å². The first-order chi connectivity index (χ1) is 12.7. The van der Waals surface area contributed by atoms with Gasteiger partial charge < -0.3 is 9.42 Å². The van der Waals surface area contributed by atoms with Gasteiger partial charge in [-0.15, -0.1) is 0 Å². The summed E-state index contributed by atoms with van der Waals surface area (Å²) in [5.41, 5.74) is 2.23. The maximum absolute atomic E-state index is 13.0. The molecule has 0 saturated carbocycles. The Morgan fingerprint density at radius 2 is 2.12 bits per heavy atom. The van der Waals surface area contributed by atoms with Crippen molar-refractivity contribution in [2.24, 2.45) is 0 Å². The zero-order chi connectivity index (χ0) is 18.1. The highest BCUT2D eigenvalue weighted by molar-refractivity contribution is 6.30. The van der Waals surface area contributed by atoms with E-state index in [1.54, 1.807) is 24.4 Å². The van der Waals surface area contributed by atoms with E-state index in [2.05, 4.69) is 10.3 Å². The summed E-state index contributed by atoms with van der Waals surface area (Å²) in [7, 11) is 0. The lowest BCUT2D eigenvalue weighted by molar-refractivity contribution is 0.0719. The van der Waals surface area contributed by atoms with Crippen molar-refractivity contribution in [3.8, 4) is 11.3 Å². The van der Waals surface area contributed by atoms with Crippen molar-refractivity contribution < 1.29 is 9.32 Å². The molecule has 6 nitrogen and oxygen atoms in total. The molecule has 0 spiro atoms. The largest absolute Gasteiger partial charge is 0.355 e. The normalized spacial score (nSPS) is 17.0. The second-order valence-corrected chi connectivity index (χ2v) is 6.75. The Morgan fingerprint density at radius 3 is 2.88 bits per heavy atom. The second kappa shape index (κ2) is 6.96. The molecule has 26 heavy (non-hydrogen) atoms. The molecule has 7 heteroatoms. The van der Waals surface area contributed by atoms with Gasteiger partial charge in [-0.1, -0.05) is 16.8 Å². The molecule has 0 bridgehead atoms. The van der Waals surface area contributed by atoms with Gasteiger partial charge in [0.2, 0.25) is 0 Å². The number of nitrogens with zero attached hydrogens (tertiary/aromatic N) is 4. The van der Waals surface area contributed by atoms with Crippen molar-refractivity contribution >= 4 is 17.5 Å². The Bertz CT molecular complexity index is 916. The third-order valence-corrected chi connectivity index (χ3v) is 5.01. The highest BCUT2D eigenvalue weighted by Gasteiger charge is 2.33. The van der Waals surface area contributed by atoms with Crippen LogP contribution < -0.4 is 0 Å². The van der Waals surface area contributed by atoms with E-state index in [1.165, 1.54) is 0 Å². The van der Waals surface area contributed by atoms with Gasteiger partial charge in [-0.05, 0) is 50.1 Å². The fourth-order valence-corrected chi connectivity index (χ4v) is 3.61. The minimum atomic E-state index is -0.111. The lowest BCUT2D eigenvalue weighted by Gasteiger charge is -2.24. The van der Waals surface area contributed by atoms with Crippen LogP contribution in [0.25, 0.3) is 11.3 Å². The van der Waals surface area contributed by atoms with Crippen molar-refractivity contribution in [2.45, 2.75) is 32.4 Å². The molecule has 2 aromatic heterocycles. The Balaban J connectivity index is 1.58.